The first kappa shape index (κ1) is 13.5. The van der Waals surface area contributed by atoms with Gasteiger partial charge in [-0.3, -0.25) is 0 Å². The summed E-state index contributed by atoms with van der Waals surface area (Å²) in [4.78, 5) is 4.10. The van der Waals surface area contributed by atoms with Gasteiger partial charge in [0.05, 0.1) is 10.0 Å². The second-order valence-electron chi connectivity index (χ2n) is 3.02. The minimum Gasteiger partial charge on any atom is -0.506 e. The van der Waals surface area contributed by atoms with E-state index in [0.717, 1.165) is 11.5 Å². The molecule has 0 radical (unpaired) electrons. The summed E-state index contributed by atoms with van der Waals surface area (Å²) in [5, 5.41) is 18.7. The molecule has 5 nitrogen and oxygen atoms in total. The van der Waals surface area contributed by atoms with Crippen LogP contribution in [0.1, 0.15) is 0 Å². The summed E-state index contributed by atoms with van der Waals surface area (Å²) in [6, 6.07) is 2.74. The molecule has 94 valence electrons. The van der Waals surface area contributed by atoms with Crippen LogP contribution in [-0.4, -0.2) is 20.7 Å². The molecule has 0 saturated carbocycles. The fourth-order valence-electron chi connectivity index (χ4n) is 1.03. The standard InChI is InChI=1S/C9H6Cl2N4OS2/c1-17-9-12-8(18-15-9)14-13-6-2-5(11)7(16)3-4(6)10/h2-3,16H,1H3. The maximum atomic E-state index is 9.33. The maximum absolute atomic E-state index is 9.33. The fraction of sp³-hybridized carbons (Fsp3) is 0.111. The molecule has 0 aliphatic heterocycles. The lowest BCUT2D eigenvalue weighted by atomic mass is 10.3. The van der Waals surface area contributed by atoms with Gasteiger partial charge in [0.2, 0.25) is 10.3 Å². The molecule has 2 aromatic rings. The molecule has 0 aliphatic rings. The van der Waals surface area contributed by atoms with E-state index in [1.165, 1.54) is 23.9 Å². The molecule has 9 heteroatoms. The minimum absolute atomic E-state index is 0.0961. The van der Waals surface area contributed by atoms with E-state index in [-0.39, 0.29) is 15.8 Å². The van der Waals surface area contributed by atoms with Gasteiger partial charge in [-0.15, -0.1) is 10.2 Å². The van der Waals surface area contributed by atoms with Gasteiger partial charge in [0.1, 0.15) is 11.4 Å². The third-order valence-corrected chi connectivity index (χ3v) is 3.71. The Bertz CT molecular complexity index is 602. The quantitative estimate of drug-likeness (QED) is 0.658. The Morgan fingerprint density at radius 3 is 2.72 bits per heavy atom. The largest absolute Gasteiger partial charge is 0.506 e. The van der Waals surface area contributed by atoms with Crippen molar-refractivity contribution < 1.29 is 5.11 Å². The molecule has 1 N–H and O–H groups in total. The van der Waals surface area contributed by atoms with Gasteiger partial charge in [-0.05, 0) is 12.3 Å². The number of hydrogen-bond acceptors (Lipinski definition) is 7. The second-order valence-corrected chi connectivity index (χ2v) is 5.34. The number of nitrogens with zero attached hydrogens (tertiary/aromatic N) is 4. The number of halogens is 2. The van der Waals surface area contributed by atoms with E-state index in [2.05, 4.69) is 19.6 Å². The van der Waals surface area contributed by atoms with Crippen molar-refractivity contribution in [3.63, 3.8) is 0 Å². The molecule has 1 heterocycles. The lowest BCUT2D eigenvalue weighted by Crippen LogP contribution is -1.72. The van der Waals surface area contributed by atoms with Gasteiger partial charge in [0.15, 0.2) is 0 Å². The highest BCUT2D eigenvalue weighted by molar-refractivity contribution is 7.98. The molecule has 2 rings (SSSR count). The van der Waals surface area contributed by atoms with Crippen LogP contribution in [0.5, 0.6) is 5.75 Å². The Morgan fingerprint density at radius 2 is 2.06 bits per heavy atom. The molecule has 0 bridgehead atoms. The minimum atomic E-state index is -0.0961. The third kappa shape index (κ3) is 3.11. The zero-order valence-electron chi connectivity index (χ0n) is 8.96. The van der Waals surface area contributed by atoms with Crippen LogP contribution in [0.3, 0.4) is 0 Å². The normalized spacial score (nSPS) is 11.3. The van der Waals surface area contributed by atoms with E-state index >= 15 is 0 Å². The number of azo groups is 1. The smallest absolute Gasteiger partial charge is 0.250 e. The summed E-state index contributed by atoms with van der Waals surface area (Å²) < 4.78 is 4.04. The zero-order chi connectivity index (χ0) is 13.1. The molecular weight excluding hydrogens is 315 g/mol. The number of phenols is 1. The van der Waals surface area contributed by atoms with Crippen LogP contribution in [0.25, 0.3) is 0 Å². The number of phenolic OH excluding ortho intramolecular Hbond substituents is 1. The van der Waals surface area contributed by atoms with Crippen molar-refractivity contribution in [1.82, 2.24) is 9.36 Å². The molecule has 0 unspecified atom stereocenters. The maximum Gasteiger partial charge on any atom is 0.250 e. The lowest BCUT2D eigenvalue weighted by Gasteiger charge is -1.99. The molecule has 0 saturated heterocycles. The Morgan fingerprint density at radius 1 is 1.28 bits per heavy atom. The zero-order valence-corrected chi connectivity index (χ0v) is 12.1. The van der Waals surface area contributed by atoms with Crippen molar-refractivity contribution in [2.75, 3.05) is 6.26 Å². The number of aromatic nitrogens is 2. The highest BCUT2D eigenvalue weighted by Gasteiger charge is 2.06. The van der Waals surface area contributed by atoms with Crippen molar-refractivity contribution in [3.8, 4) is 5.75 Å². The predicted octanol–water partition coefficient (Wildman–Crippen LogP) is 4.69. The molecule has 1 aromatic heterocycles. The molecule has 18 heavy (non-hydrogen) atoms. The fourth-order valence-corrected chi connectivity index (χ4v) is 2.43. The van der Waals surface area contributed by atoms with Crippen LogP contribution in [0.15, 0.2) is 27.5 Å². The van der Waals surface area contributed by atoms with E-state index in [9.17, 15) is 5.11 Å². The van der Waals surface area contributed by atoms with Crippen LogP contribution in [0.2, 0.25) is 10.0 Å². The van der Waals surface area contributed by atoms with E-state index in [1.807, 2.05) is 6.26 Å². The van der Waals surface area contributed by atoms with Gasteiger partial charge >= 0.3 is 0 Å². The predicted molar refractivity (Wildman–Crippen MR) is 74.0 cm³/mol. The topological polar surface area (TPSA) is 70.7 Å². The molecule has 0 fully saturated rings. The van der Waals surface area contributed by atoms with Crippen LogP contribution in [-0.2, 0) is 0 Å². The van der Waals surface area contributed by atoms with Gasteiger partial charge in [0.25, 0.3) is 0 Å². The molecule has 0 amide bonds. The molecule has 0 spiro atoms. The highest BCUT2D eigenvalue weighted by Crippen LogP contribution is 2.36. The van der Waals surface area contributed by atoms with Crippen molar-refractivity contribution in [2.24, 2.45) is 10.2 Å². The number of benzene rings is 1. The summed E-state index contributed by atoms with van der Waals surface area (Å²) in [5.41, 5.74) is 0.361. The molecule has 0 atom stereocenters. The molecule has 0 aliphatic carbocycles. The van der Waals surface area contributed by atoms with Gasteiger partial charge in [-0.1, -0.05) is 35.0 Å². The highest BCUT2D eigenvalue weighted by atomic mass is 35.5. The van der Waals surface area contributed by atoms with Gasteiger partial charge in [-0.25, -0.2) is 0 Å². The average Bonchev–Trinajstić information content (AvgIpc) is 2.80. The van der Waals surface area contributed by atoms with Crippen molar-refractivity contribution >= 4 is 57.3 Å². The summed E-state index contributed by atoms with van der Waals surface area (Å²) in [7, 11) is 0. The van der Waals surface area contributed by atoms with Crippen molar-refractivity contribution in [3.05, 3.63) is 22.2 Å². The summed E-state index contributed by atoms with van der Waals surface area (Å²) in [5.74, 6) is -0.0961. The van der Waals surface area contributed by atoms with Crippen LogP contribution >= 0.6 is 46.5 Å². The van der Waals surface area contributed by atoms with Crippen LogP contribution < -0.4 is 0 Å². The van der Waals surface area contributed by atoms with E-state index < -0.39 is 0 Å². The van der Waals surface area contributed by atoms with Gasteiger partial charge in [-0.2, -0.15) is 9.36 Å². The number of rotatable bonds is 3. The Kier molecular flexibility index (Phi) is 4.39. The number of thioether (sulfide) groups is 1. The number of hydrogen-bond donors (Lipinski definition) is 1. The summed E-state index contributed by atoms with van der Waals surface area (Å²) >= 11 is 14.2. The van der Waals surface area contributed by atoms with E-state index in [1.54, 1.807) is 0 Å². The first-order chi connectivity index (χ1) is 8.60. The Balaban J connectivity index is 2.25. The first-order valence-corrected chi connectivity index (χ1v) is 7.33. The molecule has 1 aromatic carbocycles. The summed E-state index contributed by atoms with van der Waals surface area (Å²) in [6.07, 6.45) is 1.87. The molecular formula is C9H6Cl2N4OS2. The first-order valence-electron chi connectivity index (χ1n) is 4.57. The lowest BCUT2D eigenvalue weighted by molar-refractivity contribution is 0.475. The van der Waals surface area contributed by atoms with Gasteiger partial charge < -0.3 is 5.11 Å². The van der Waals surface area contributed by atoms with Crippen LogP contribution in [0, 0.1) is 0 Å². The van der Waals surface area contributed by atoms with Crippen molar-refractivity contribution in [2.45, 2.75) is 5.16 Å². The summed E-state index contributed by atoms with van der Waals surface area (Å²) in [6.45, 7) is 0. The Labute approximate surface area is 121 Å². The van der Waals surface area contributed by atoms with E-state index in [0.29, 0.717) is 16.0 Å². The third-order valence-electron chi connectivity index (χ3n) is 1.84. The Hall–Kier alpha value is -0.890. The second kappa shape index (κ2) is 5.83. The average molecular weight is 321 g/mol. The van der Waals surface area contributed by atoms with Gasteiger partial charge in [0, 0.05) is 17.6 Å². The van der Waals surface area contributed by atoms with Crippen molar-refractivity contribution in [1.29, 1.82) is 0 Å². The SMILES string of the molecule is CSc1nsc(N=Nc2cc(Cl)c(O)cc2Cl)n1. The van der Waals surface area contributed by atoms with Crippen LogP contribution in [0.4, 0.5) is 10.8 Å². The van der Waals surface area contributed by atoms with E-state index in [4.69, 9.17) is 23.2 Å². The number of aromatic hydroxyl groups is 1. The monoisotopic (exact) mass is 320 g/mol.